The smallest absolute Gasteiger partial charge is 0.408 e. The molecule has 208 valence electrons. The van der Waals surface area contributed by atoms with Crippen LogP contribution in [-0.2, 0) is 28.7 Å². The number of ketones is 1. The van der Waals surface area contributed by atoms with Gasteiger partial charge in [0.1, 0.15) is 17.7 Å². The molecule has 0 aromatic rings. The van der Waals surface area contributed by atoms with Crippen LogP contribution in [0.1, 0.15) is 74.7 Å². The number of Topliss-reactive ketones (excluding diaryl/α,β-unsaturated/α-hetero) is 1. The molecule has 2 N–H and O–H groups in total. The zero-order valence-electron chi connectivity index (χ0n) is 23.6. The summed E-state index contributed by atoms with van der Waals surface area (Å²) in [7, 11) is 1.13. The van der Waals surface area contributed by atoms with E-state index in [0.29, 0.717) is 13.0 Å². The number of carbonyl (C=O) groups is 5. The van der Waals surface area contributed by atoms with Gasteiger partial charge in [0.05, 0.1) is 13.2 Å². The van der Waals surface area contributed by atoms with Crippen LogP contribution in [0.25, 0.3) is 0 Å². The van der Waals surface area contributed by atoms with Crippen molar-refractivity contribution in [2.75, 3.05) is 13.7 Å². The third-order valence-corrected chi connectivity index (χ3v) is 7.82. The van der Waals surface area contributed by atoms with Gasteiger partial charge in [-0.15, -0.1) is 0 Å². The van der Waals surface area contributed by atoms with Crippen LogP contribution in [0.2, 0.25) is 0 Å². The van der Waals surface area contributed by atoms with Gasteiger partial charge < -0.3 is 25.0 Å². The molecule has 3 amide bonds. The number of likely N-dealkylation sites (tertiary alicyclic amines) is 1. The molecule has 10 nitrogen and oxygen atoms in total. The van der Waals surface area contributed by atoms with Crippen LogP contribution >= 0.6 is 0 Å². The molecule has 1 aliphatic heterocycles. The van der Waals surface area contributed by atoms with Crippen molar-refractivity contribution in [1.82, 2.24) is 15.5 Å². The molecule has 2 saturated carbocycles. The molecule has 5 atom stereocenters. The van der Waals surface area contributed by atoms with E-state index >= 15 is 0 Å². The first-order valence-electron chi connectivity index (χ1n) is 13.1. The van der Waals surface area contributed by atoms with Gasteiger partial charge in [-0.05, 0) is 55.8 Å². The molecule has 0 bridgehead atoms. The first-order valence-corrected chi connectivity index (χ1v) is 13.1. The van der Waals surface area contributed by atoms with E-state index in [1.54, 1.807) is 20.8 Å². The minimum absolute atomic E-state index is 0.0894. The Hall–Kier alpha value is -2.65. The van der Waals surface area contributed by atoms with Crippen LogP contribution in [0.5, 0.6) is 0 Å². The van der Waals surface area contributed by atoms with Crippen LogP contribution in [0.15, 0.2) is 0 Å². The normalized spacial score (nSPS) is 25.9. The number of alkyl carbamates (subject to hydrolysis) is 1. The average Bonchev–Trinajstić information content (AvgIpc) is 3.60. The van der Waals surface area contributed by atoms with Crippen molar-refractivity contribution in [2.24, 2.45) is 28.6 Å². The van der Waals surface area contributed by atoms with Crippen molar-refractivity contribution in [2.45, 2.75) is 98.4 Å². The monoisotopic (exact) mass is 521 g/mol. The van der Waals surface area contributed by atoms with Crippen molar-refractivity contribution in [3.63, 3.8) is 0 Å². The largest absolute Gasteiger partial charge is 0.463 e. The van der Waals surface area contributed by atoms with Crippen LogP contribution in [0.3, 0.4) is 0 Å². The quantitative estimate of drug-likeness (QED) is 0.370. The minimum Gasteiger partial charge on any atom is -0.463 e. The van der Waals surface area contributed by atoms with Gasteiger partial charge in [0, 0.05) is 6.54 Å². The number of nitrogens with one attached hydrogen (secondary N) is 2. The van der Waals surface area contributed by atoms with Crippen molar-refractivity contribution >= 4 is 29.7 Å². The Morgan fingerprint density at radius 3 is 2.08 bits per heavy atom. The number of ether oxygens (including phenoxy) is 2. The highest BCUT2D eigenvalue weighted by Crippen LogP contribution is 2.65. The van der Waals surface area contributed by atoms with Crippen LogP contribution in [0.4, 0.5) is 4.79 Å². The summed E-state index contributed by atoms with van der Waals surface area (Å²) in [4.78, 5) is 66.3. The standard InChI is InChI=1S/C27H43N3O7/c1-25(2,3)20(29-24(35)37-26(4,5)6)22(33)30-13-15-17(27(15,7)8)18(30)21(32)28-16(12-14-10-11-14)19(31)23(34)36-9/h14-18,20H,10-13H2,1-9H3,(H,28,32)(H,29,35)/t15-,16?,17-,18-,20+/m0/s1. The van der Waals surface area contributed by atoms with Crippen LogP contribution in [0, 0.1) is 28.6 Å². The molecule has 0 radical (unpaired) electrons. The molecule has 3 aliphatic rings. The molecule has 37 heavy (non-hydrogen) atoms. The summed E-state index contributed by atoms with van der Waals surface area (Å²) in [6, 6.07) is -2.74. The Bertz CT molecular complexity index is 958. The van der Waals surface area contributed by atoms with Crippen LogP contribution < -0.4 is 10.6 Å². The number of fused-ring (bicyclic) bond motifs is 1. The molecule has 1 unspecified atom stereocenters. The first kappa shape index (κ1) is 28.9. The van der Waals surface area contributed by atoms with E-state index < -0.39 is 52.9 Å². The molecule has 0 spiro atoms. The summed E-state index contributed by atoms with van der Waals surface area (Å²) in [6.07, 6.45) is 1.54. The van der Waals surface area contributed by atoms with Gasteiger partial charge in [-0.25, -0.2) is 9.59 Å². The van der Waals surface area contributed by atoms with Crippen molar-refractivity contribution in [3.8, 4) is 0 Å². The molecule has 3 fully saturated rings. The number of nitrogens with zero attached hydrogens (tertiary/aromatic N) is 1. The minimum atomic E-state index is -0.997. The Balaban J connectivity index is 1.83. The fourth-order valence-corrected chi connectivity index (χ4v) is 5.47. The second-order valence-corrected chi connectivity index (χ2v) is 13.4. The van der Waals surface area contributed by atoms with E-state index in [9.17, 15) is 24.0 Å². The number of rotatable bonds is 8. The topological polar surface area (TPSA) is 131 Å². The number of piperidine rings is 1. The number of esters is 1. The summed E-state index contributed by atoms with van der Waals surface area (Å²) < 4.78 is 9.99. The Morgan fingerprint density at radius 1 is 1.00 bits per heavy atom. The SMILES string of the molecule is COC(=O)C(=O)C(CC1CC1)NC(=O)[C@@H]1[C@@H]2[C@H](CN1C(=O)[C@@H](NC(=O)OC(C)(C)C)C(C)(C)C)C2(C)C. The van der Waals surface area contributed by atoms with Crippen LogP contribution in [-0.4, -0.2) is 71.9 Å². The summed E-state index contributed by atoms with van der Waals surface area (Å²) in [5, 5.41) is 5.50. The fourth-order valence-electron chi connectivity index (χ4n) is 5.47. The predicted molar refractivity (Wildman–Crippen MR) is 135 cm³/mol. The van der Waals surface area contributed by atoms with E-state index in [0.717, 1.165) is 20.0 Å². The molecule has 3 rings (SSSR count). The lowest BCUT2D eigenvalue weighted by Crippen LogP contribution is -2.60. The zero-order valence-corrected chi connectivity index (χ0v) is 23.6. The molecule has 0 aromatic carbocycles. The highest BCUT2D eigenvalue weighted by molar-refractivity contribution is 6.36. The molecule has 10 heteroatoms. The van der Waals surface area contributed by atoms with E-state index in [-0.39, 0.29) is 29.1 Å². The van der Waals surface area contributed by atoms with Gasteiger partial charge in [-0.2, -0.15) is 0 Å². The zero-order chi connectivity index (χ0) is 28.1. The van der Waals surface area contributed by atoms with E-state index in [4.69, 9.17) is 4.74 Å². The molecular weight excluding hydrogens is 478 g/mol. The Morgan fingerprint density at radius 2 is 1.59 bits per heavy atom. The summed E-state index contributed by atoms with van der Waals surface area (Å²) in [5.41, 5.74) is -1.54. The summed E-state index contributed by atoms with van der Waals surface area (Å²) in [5.74, 6) is -2.32. The van der Waals surface area contributed by atoms with Gasteiger partial charge in [-0.3, -0.25) is 14.4 Å². The summed E-state index contributed by atoms with van der Waals surface area (Å²) in [6.45, 7) is 15.2. The molecule has 1 heterocycles. The van der Waals surface area contributed by atoms with Crippen molar-refractivity contribution in [1.29, 1.82) is 0 Å². The van der Waals surface area contributed by atoms with E-state index in [2.05, 4.69) is 29.2 Å². The first-order chi connectivity index (χ1) is 16.9. The second kappa shape index (κ2) is 9.91. The Kier molecular flexibility index (Phi) is 7.74. The highest BCUT2D eigenvalue weighted by atomic mass is 16.6. The van der Waals surface area contributed by atoms with Gasteiger partial charge in [-0.1, -0.05) is 47.5 Å². The third kappa shape index (κ3) is 6.44. The average molecular weight is 522 g/mol. The van der Waals surface area contributed by atoms with Gasteiger partial charge >= 0.3 is 12.1 Å². The highest BCUT2D eigenvalue weighted by Gasteiger charge is 2.70. The Labute approximate surface area is 219 Å². The molecule has 1 saturated heterocycles. The van der Waals surface area contributed by atoms with Gasteiger partial charge in [0.25, 0.3) is 5.78 Å². The lowest BCUT2D eigenvalue weighted by molar-refractivity contribution is -0.153. The third-order valence-electron chi connectivity index (χ3n) is 7.82. The maximum atomic E-state index is 13.9. The fraction of sp³-hybridized carbons (Fsp3) is 0.815. The van der Waals surface area contributed by atoms with Crippen molar-refractivity contribution in [3.05, 3.63) is 0 Å². The number of carbonyl (C=O) groups excluding carboxylic acids is 5. The predicted octanol–water partition coefficient (Wildman–Crippen LogP) is 2.44. The number of hydrogen-bond acceptors (Lipinski definition) is 7. The number of amides is 3. The maximum absolute atomic E-state index is 13.9. The second-order valence-electron chi connectivity index (χ2n) is 13.4. The summed E-state index contributed by atoms with van der Waals surface area (Å²) >= 11 is 0. The number of methoxy groups -OCH3 is 1. The van der Waals surface area contributed by atoms with Gasteiger partial charge in [0.15, 0.2) is 0 Å². The lowest BCUT2D eigenvalue weighted by atomic mass is 9.85. The van der Waals surface area contributed by atoms with Gasteiger partial charge in [0.2, 0.25) is 11.8 Å². The lowest BCUT2D eigenvalue weighted by Gasteiger charge is -2.38. The maximum Gasteiger partial charge on any atom is 0.408 e. The van der Waals surface area contributed by atoms with E-state index in [1.165, 1.54) is 4.90 Å². The number of hydrogen-bond donors (Lipinski definition) is 2. The van der Waals surface area contributed by atoms with E-state index in [1.807, 2.05) is 20.8 Å². The molecule has 0 aromatic heterocycles. The molecular formula is C27H43N3O7. The molecule has 2 aliphatic carbocycles. The van der Waals surface area contributed by atoms with Crippen molar-refractivity contribution < 1.29 is 33.4 Å².